The maximum absolute atomic E-state index is 12.9. The average Bonchev–Trinajstić information content (AvgIpc) is 2.61. The van der Waals surface area contributed by atoms with Gasteiger partial charge in [0.15, 0.2) is 0 Å². The molecule has 0 bridgehead atoms. The number of hydrogen-bond acceptors (Lipinski definition) is 4. The first-order valence-corrected chi connectivity index (χ1v) is 8.23. The van der Waals surface area contributed by atoms with Gasteiger partial charge >= 0.3 is 0 Å². The molecule has 0 aliphatic rings. The summed E-state index contributed by atoms with van der Waals surface area (Å²) in [7, 11) is 0. The van der Waals surface area contributed by atoms with Crippen LogP contribution in [0.3, 0.4) is 0 Å². The minimum atomic E-state index is -0.296. The van der Waals surface area contributed by atoms with E-state index in [0.717, 1.165) is 37.3 Å². The van der Waals surface area contributed by atoms with Crippen LogP contribution >= 0.6 is 0 Å². The quantitative estimate of drug-likeness (QED) is 0.808. The topological polar surface area (TPSA) is 58.1 Å². The van der Waals surface area contributed by atoms with E-state index in [-0.39, 0.29) is 17.4 Å². The predicted octanol–water partition coefficient (Wildman–Crippen LogP) is 3.17. The highest BCUT2D eigenvalue weighted by Gasteiger charge is 2.11. The Balaban J connectivity index is 1.96. The fourth-order valence-corrected chi connectivity index (χ4v) is 2.36. The average molecular weight is 330 g/mol. The summed E-state index contributed by atoms with van der Waals surface area (Å²) in [6.45, 7) is 6.39. The molecule has 24 heavy (non-hydrogen) atoms. The number of anilines is 1. The van der Waals surface area contributed by atoms with Gasteiger partial charge in [-0.15, -0.1) is 0 Å². The van der Waals surface area contributed by atoms with E-state index in [1.807, 2.05) is 0 Å². The smallest absolute Gasteiger partial charge is 0.271 e. The summed E-state index contributed by atoms with van der Waals surface area (Å²) in [5.74, 6) is 0.194. The Hall–Kier alpha value is -2.50. The van der Waals surface area contributed by atoms with Gasteiger partial charge in [0.1, 0.15) is 17.3 Å². The maximum atomic E-state index is 12.9. The van der Waals surface area contributed by atoms with Crippen LogP contribution in [-0.4, -0.2) is 29.0 Å². The van der Waals surface area contributed by atoms with Crippen LogP contribution in [-0.2, 0) is 6.54 Å². The lowest BCUT2D eigenvalue weighted by Crippen LogP contribution is -2.27. The zero-order valence-corrected chi connectivity index (χ0v) is 14.1. The molecule has 2 rings (SSSR count). The van der Waals surface area contributed by atoms with Gasteiger partial charge < -0.3 is 10.2 Å². The number of carbonyl (C=O) groups is 1. The van der Waals surface area contributed by atoms with Crippen LogP contribution < -0.4 is 10.2 Å². The van der Waals surface area contributed by atoms with Gasteiger partial charge in [0.05, 0.1) is 12.4 Å². The third kappa shape index (κ3) is 5.01. The van der Waals surface area contributed by atoms with Gasteiger partial charge in [-0.1, -0.05) is 26.0 Å². The summed E-state index contributed by atoms with van der Waals surface area (Å²) in [4.78, 5) is 22.8. The largest absolute Gasteiger partial charge is 0.355 e. The zero-order chi connectivity index (χ0) is 17.4. The molecule has 0 aliphatic heterocycles. The summed E-state index contributed by atoms with van der Waals surface area (Å²) in [6.07, 6.45) is 5.19. The van der Waals surface area contributed by atoms with Crippen molar-refractivity contribution >= 4 is 11.7 Å². The summed E-state index contributed by atoms with van der Waals surface area (Å²) >= 11 is 0. The molecule has 1 aromatic heterocycles. The standard InChI is InChI=1S/C18H23FN4O/c1-3-9-23(10-4-2)17-13-20-16(12-21-17)18(24)22-11-14-5-7-15(19)8-6-14/h5-8,12-13H,3-4,9-11H2,1-2H3,(H,22,24). The number of hydrogen-bond donors (Lipinski definition) is 1. The molecule has 1 heterocycles. The summed E-state index contributed by atoms with van der Waals surface area (Å²) < 4.78 is 12.9. The molecular weight excluding hydrogens is 307 g/mol. The molecule has 0 saturated heterocycles. The van der Waals surface area contributed by atoms with Gasteiger partial charge in [0, 0.05) is 19.6 Å². The minimum absolute atomic E-state index is 0.272. The lowest BCUT2D eigenvalue weighted by Gasteiger charge is -2.22. The number of nitrogens with zero attached hydrogens (tertiary/aromatic N) is 3. The monoisotopic (exact) mass is 330 g/mol. The molecule has 0 spiro atoms. The molecule has 1 N–H and O–H groups in total. The van der Waals surface area contributed by atoms with Crippen LogP contribution in [0.2, 0.25) is 0 Å². The Bertz CT molecular complexity index is 637. The molecule has 1 amide bonds. The third-order valence-electron chi connectivity index (χ3n) is 3.55. The van der Waals surface area contributed by atoms with E-state index in [2.05, 4.69) is 34.0 Å². The van der Waals surface area contributed by atoms with Crippen molar-refractivity contribution in [3.63, 3.8) is 0 Å². The van der Waals surface area contributed by atoms with Crippen LogP contribution in [0.1, 0.15) is 42.7 Å². The van der Waals surface area contributed by atoms with Gasteiger partial charge in [-0.05, 0) is 30.5 Å². The number of aromatic nitrogens is 2. The second-order valence-electron chi connectivity index (χ2n) is 5.56. The van der Waals surface area contributed by atoms with Crippen molar-refractivity contribution in [2.45, 2.75) is 33.2 Å². The summed E-state index contributed by atoms with van der Waals surface area (Å²) in [6, 6.07) is 6.01. The van der Waals surface area contributed by atoms with Crippen molar-refractivity contribution in [1.29, 1.82) is 0 Å². The van der Waals surface area contributed by atoms with Crippen molar-refractivity contribution in [2.24, 2.45) is 0 Å². The number of benzene rings is 1. The van der Waals surface area contributed by atoms with Crippen LogP contribution in [0.4, 0.5) is 10.2 Å². The Morgan fingerprint density at radius 3 is 2.29 bits per heavy atom. The first-order chi connectivity index (χ1) is 11.6. The van der Waals surface area contributed by atoms with E-state index in [1.54, 1.807) is 18.3 Å². The molecule has 0 fully saturated rings. The number of carbonyl (C=O) groups excluding carboxylic acids is 1. The van der Waals surface area contributed by atoms with E-state index in [9.17, 15) is 9.18 Å². The Kier molecular flexibility index (Phi) is 6.66. The molecule has 0 saturated carbocycles. The van der Waals surface area contributed by atoms with E-state index < -0.39 is 0 Å². The normalized spacial score (nSPS) is 10.5. The molecule has 0 unspecified atom stereocenters. The molecule has 2 aromatic rings. The highest BCUT2D eigenvalue weighted by Crippen LogP contribution is 2.10. The first-order valence-electron chi connectivity index (χ1n) is 8.23. The minimum Gasteiger partial charge on any atom is -0.355 e. The molecule has 128 valence electrons. The number of amides is 1. The Labute approximate surface area is 141 Å². The van der Waals surface area contributed by atoms with E-state index in [1.165, 1.54) is 18.3 Å². The highest BCUT2D eigenvalue weighted by atomic mass is 19.1. The number of halogens is 1. The second-order valence-corrected chi connectivity index (χ2v) is 5.56. The van der Waals surface area contributed by atoms with Gasteiger partial charge in [0.25, 0.3) is 5.91 Å². The molecular formula is C18H23FN4O. The fourth-order valence-electron chi connectivity index (χ4n) is 2.36. The van der Waals surface area contributed by atoms with Gasteiger partial charge in [-0.2, -0.15) is 0 Å². The highest BCUT2D eigenvalue weighted by molar-refractivity contribution is 5.91. The molecule has 6 heteroatoms. The summed E-state index contributed by atoms with van der Waals surface area (Å²) in [5.41, 5.74) is 1.10. The lowest BCUT2D eigenvalue weighted by atomic mass is 10.2. The molecule has 0 radical (unpaired) electrons. The first kappa shape index (κ1) is 17.8. The van der Waals surface area contributed by atoms with Crippen LogP contribution in [0.25, 0.3) is 0 Å². The Morgan fingerprint density at radius 1 is 1.08 bits per heavy atom. The zero-order valence-electron chi connectivity index (χ0n) is 14.1. The second kappa shape index (κ2) is 8.96. The maximum Gasteiger partial charge on any atom is 0.271 e. The van der Waals surface area contributed by atoms with Crippen molar-refractivity contribution in [1.82, 2.24) is 15.3 Å². The summed E-state index contributed by atoms with van der Waals surface area (Å²) in [5, 5.41) is 2.76. The fraction of sp³-hybridized carbons (Fsp3) is 0.389. The van der Waals surface area contributed by atoms with Crippen LogP contribution in [0.15, 0.2) is 36.7 Å². The van der Waals surface area contributed by atoms with E-state index in [0.29, 0.717) is 6.54 Å². The molecule has 0 atom stereocenters. The lowest BCUT2D eigenvalue weighted by molar-refractivity contribution is 0.0945. The molecule has 5 nitrogen and oxygen atoms in total. The Morgan fingerprint density at radius 2 is 1.75 bits per heavy atom. The predicted molar refractivity (Wildman–Crippen MR) is 92.4 cm³/mol. The van der Waals surface area contributed by atoms with Crippen molar-refractivity contribution < 1.29 is 9.18 Å². The van der Waals surface area contributed by atoms with E-state index >= 15 is 0 Å². The molecule has 0 aliphatic carbocycles. The van der Waals surface area contributed by atoms with Crippen LogP contribution in [0.5, 0.6) is 0 Å². The third-order valence-corrected chi connectivity index (χ3v) is 3.55. The van der Waals surface area contributed by atoms with Crippen molar-refractivity contribution in [3.8, 4) is 0 Å². The van der Waals surface area contributed by atoms with Gasteiger partial charge in [-0.3, -0.25) is 4.79 Å². The van der Waals surface area contributed by atoms with E-state index in [4.69, 9.17) is 0 Å². The van der Waals surface area contributed by atoms with Crippen LogP contribution in [0, 0.1) is 5.82 Å². The van der Waals surface area contributed by atoms with Gasteiger partial charge in [0.2, 0.25) is 0 Å². The van der Waals surface area contributed by atoms with Crippen molar-refractivity contribution in [3.05, 3.63) is 53.7 Å². The van der Waals surface area contributed by atoms with Crippen molar-refractivity contribution in [2.75, 3.05) is 18.0 Å². The number of rotatable bonds is 8. The number of nitrogens with one attached hydrogen (secondary N) is 1. The molecule has 1 aromatic carbocycles. The van der Waals surface area contributed by atoms with Gasteiger partial charge in [-0.25, -0.2) is 14.4 Å². The SMILES string of the molecule is CCCN(CCC)c1cnc(C(=O)NCc2ccc(F)cc2)cn1.